The number of amides is 3. The van der Waals surface area contributed by atoms with Gasteiger partial charge in [0.25, 0.3) is 0 Å². The van der Waals surface area contributed by atoms with Crippen LogP contribution in [0.25, 0.3) is 0 Å². The van der Waals surface area contributed by atoms with Crippen molar-refractivity contribution in [3.05, 3.63) is 35.9 Å². The first-order valence-electron chi connectivity index (χ1n) is 11.6. The van der Waals surface area contributed by atoms with Gasteiger partial charge in [0.05, 0.1) is 0 Å². The van der Waals surface area contributed by atoms with Crippen molar-refractivity contribution in [2.24, 2.45) is 0 Å². The Labute approximate surface area is 204 Å². The summed E-state index contributed by atoms with van der Waals surface area (Å²) in [5.41, 5.74) is -0.671. The monoisotopic (exact) mass is 479 g/mol. The fourth-order valence-corrected chi connectivity index (χ4v) is 3.53. The smallest absolute Gasteiger partial charge is 0.408 e. The van der Waals surface area contributed by atoms with Gasteiger partial charge in [-0.25, -0.2) is 4.79 Å². The molecule has 1 aromatic carbocycles. The Balaban J connectivity index is 3.41. The van der Waals surface area contributed by atoms with E-state index < -0.39 is 29.3 Å². The van der Waals surface area contributed by atoms with E-state index in [1.807, 2.05) is 51.1 Å². The third-order valence-electron chi connectivity index (χ3n) is 5.38. The number of rotatable bonds is 11. The lowest BCUT2D eigenvalue weighted by atomic mass is 9.92. The number of thiol groups is 1. The van der Waals surface area contributed by atoms with Crippen molar-refractivity contribution >= 4 is 30.5 Å². The second-order valence-corrected chi connectivity index (χ2v) is 10.1. The molecule has 0 aliphatic rings. The number of hydrogen-bond acceptors (Lipinski definition) is 5. The van der Waals surface area contributed by atoms with Crippen LogP contribution in [0.5, 0.6) is 0 Å². The predicted octanol–water partition coefficient (Wildman–Crippen LogP) is 4.48. The van der Waals surface area contributed by atoms with Gasteiger partial charge in [-0.15, -0.1) is 0 Å². The van der Waals surface area contributed by atoms with Gasteiger partial charge in [0.1, 0.15) is 17.7 Å². The molecule has 0 fully saturated rings. The van der Waals surface area contributed by atoms with Crippen LogP contribution >= 0.6 is 12.6 Å². The van der Waals surface area contributed by atoms with Gasteiger partial charge in [0.15, 0.2) is 0 Å². The first kappa shape index (κ1) is 28.8. The van der Waals surface area contributed by atoms with Gasteiger partial charge in [0, 0.05) is 17.8 Å². The van der Waals surface area contributed by atoms with E-state index >= 15 is 0 Å². The van der Waals surface area contributed by atoms with E-state index in [4.69, 9.17) is 4.74 Å². The molecule has 0 aliphatic heterocycles. The van der Waals surface area contributed by atoms with E-state index in [0.29, 0.717) is 18.5 Å². The lowest BCUT2D eigenvalue weighted by Gasteiger charge is -2.44. The molecule has 33 heavy (non-hydrogen) atoms. The zero-order valence-electron chi connectivity index (χ0n) is 21.1. The fraction of sp³-hybridized carbons (Fsp3) is 0.640. The van der Waals surface area contributed by atoms with Crippen LogP contribution in [0, 0.1) is 0 Å². The van der Waals surface area contributed by atoms with Gasteiger partial charge in [-0.2, -0.15) is 12.6 Å². The highest BCUT2D eigenvalue weighted by molar-refractivity contribution is 7.80. The van der Waals surface area contributed by atoms with Gasteiger partial charge in [-0.05, 0) is 53.0 Å². The number of carbonyl (C=O) groups excluding carboxylic acids is 3. The normalized spacial score (nSPS) is 13.6. The molecule has 0 aliphatic carbocycles. The third kappa shape index (κ3) is 8.91. The Morgan fingerprint density at radius 1 is 1.06 bits per heavy atom. The molecule has 0 heterocycles. The second-order valence-electron chi connectivity index (χ2n) is 9.71. The van der Waals surface area contributed by atoms with Gasteiger partial charge in [-0.1, -0.05) is 50.6 Å². The maximum atomic E-state index is 13.9. The van der Waals surface area contributed by atoms with E-state index in [-0.39, 0.29) is 17.6 Å². The number of nitrogens with one attached hydrogen (secondary N) is 2. The summed E-state index contributed by atoms with van der Waals surface area (Å²) in [5.74, 6) is -0.574. The van der Waals surface area contributed by atoms with Crippen molar-refractivity contribution in [1.29, 1.82) is 0 Å². The molecule has 0 aromatic heterocycles. The van der Waals surface area contributed by atoms with Crippen molar-refractivity contribution in [1.82, 2.24) is 15.5 Å². The zero-order valence-corrected chi connectivity index (χ0v) is 22.0. The van der Waals surface area contributed by atoms with Crippen LogP contribution in [0.1, 0.15) is 79.3 Å². The van der Waals surface area contributed by atoms with Crippen LogP contribution in [0.2, 0.25) is 0 Å². The summed E-state index contributed by atoms with van der Waals surface area (Å²) < 4.78 is 5.34. The van der Waals surface area contributed by atoms with Crippen molar-refractivity contribution in [3.8, 4) is 0 Å². The van der Waals surface area contributed by atoms with Gasteiger partial charge >= 0.3 is 6.09 Å². The summed E-state index contributed by atoms with van der Waals surface area (Å²) in [5, 5.41) is 5.62. The zero-order chi connectivity index (χ0) is 25.2. The van der Waals surface area contributed by atoms with Crippen LogP contribution in [0.3, 0.4) is 0 Å². The number of carbonyl (C=O) groups is 3. The Kier molecular flexibility index (Phi) is 11.2. The van der Waals surface area contributed by atoms with Crippen molar-refractivity contribution in [3.63, 3.8) is 0 Å². The number of nitrogens with zero attached hydrogens (tertiary/aromatic N) is 1. The van der Waals surface area contributed by atoms with Gasteiger partial charge in [0.2, 0.25) is 11.8 Å². The highest BCUT2D eigenvalue weighted by atomic mass is 32.1. The number of unbranched alkanes of at least 4 members (excludes halogenated alkanes) is 1. The number of hydrogen-bond donors (Lipinski definition) is 3. The standard InChI is InChI=1S/C25H41N3O4S/c1-8-10-16-26-21(29)20(18-14-12-11-13-15-18)28(25(6,7)9-2)22(30)19(17-33)27-23(31)32-24(3,4)5/h11-15,19-20,33H,8-10,16-17H2,1-7H3,(H,26,29)(H,27,31). The average Bonchev–Trinajstić information content (AvgIpc) is 2.74. The molecule has 0 saturated heterocycles. The van der Waals surface area contributed by atoms with Crippen LogP contribution < -0.4 is 10.6 Å². The molecular weight excluding hydrogens is 438 g/mol. The Morgan fingerprint density at radius 2 is 1.67 bits per heavy atom. The van der Waals surface area contributed by atoms with E-state index in [1.165, 1.54) is 0 Å². The van der Waals surface area contributed by atoms with Crippen molar-refractivity contribution < 1.29 is 19.1 Å². The highest BCUT2D eigenvalue weighted by Gasteiger charge is 2.42. The van der Waals surface area contributed by atoms with Crippen molar-refractivity contribution in [2.45, 2.75) is 91.0 Å². The average molecular weight is 480 g/mol. The van der Waals surface area contributed by atoms with Crippen LogP contribution in [-0.4, -0.2) is 52.3 Å². The summed E-state index contributed by atoms with van der Waals surface area (Å²) in [6.45, 7) is 13.6. The largest absolute Gasteiger partial charge is 0.444 e. The molecular formula is C25H41N3O4S. The third-order valence-corrected chi connectivity index (χ3v) is 5.74. The molecule has 2 N–H and O–H groups in total. The lowest BCUT2D eigenvalue weighted by molar-refractivity contribution is -0.148. The topological polar surface area (TPSA) is 87.7 Å². The van der Waals surface area contributed by atoms with Crippen LogP contribution in [0.4, 0.5) is 4.79 Å². The molecule has 0 bridgehead atoms. The summed E-state index contributed by atoms with van der Waals surface area (Å²) in [7, 11) is 0. The van der Waals surface area contributed by atoms with Crippen LogP contribution in [-0.2, 0) is 14.3 Å². The van der Waals surface area contributed by atoms with Crippen molar-refractivity contribution in [2.75, 3.05) is 12.3 Å². The Morgan fingerprint density at radius 3 is 2.15 bits per heavy atom. The maximum Gasteiger partial charge on any atom is 0.408 e. The Bertz CT molecular complexity index is 778. The molecule has 1 aromatic rings. The summed E-state index contributed by atoms with van der Waals surface area (Å²) in [6, 6.07) is 7.43. The molecule has 2 atom stereocenters. The van der Waals surface area contributed by atoms with E-state index in [2.05, 4.69) is 30.2 Å². The molecule has 8 heteroatoms. The first-order chi connectivity index (χ1) is 15.4. The molecule has 3 amide bonds. The van der Waals surface area contributed by atoms with Gasteiger partial charge < -0.3 is 20.3 Å². The van der Waals surface area contributed by atoms with E-state index in [9.17, 15) is 14.4 Å². The molecule has 186 valence electrons. The predicted molar refractivity (Wildman–Crippen MR) is 135 cm³/mol. The molecule has 0 spiro atoms. The first-order valence-corrected chi connectivity index (χ1v) is 12.3. The number of ether oxygens (including phenoxy) is 1. The van der Waals surface area contributed by atoms with E-state index in [0.717, 1.165) is 12.8 Å². The summed E-state index contributed by atoms with van der Waals surface area (Å²) >= 11 is 4.32. The number of alkyl carbamates (subject to hydrolysis) is 1. The van der Waals surface area contributed by atoms with E-state index in [1.54, 1.807) is 25.7 Å². The lowest BCUT2D eigenvalue weighted by Crippen LogP contribution is -2.59. The highest BCUT2D eigenvalue weighted by Crippen LogP contribution is 2.32. The number of benzene rings is 1. The molecule has 0 saturated carbocycles. The van der Waals surface area contributed by atoms with Crippen LogP contribution in [0.15, 0.2) is 30.3 Å². The fourth-order valence-electron chi connectivity index (χ4n) is 3.29. The molecule has 7 nitrogen and oxygen atoms in total. The molecule has 1 rings (SSSR count). The molecule has 2 unspecified atom stereocenters. The maximum absolute atomic E-state index is 13.9. The molecule has 0 radical (unpaired) electrons. The quantitative estimate of drug-likeness (QED) is 0.322. The second kappa shape index (κ2) is 12.9. The van der Waals surface area contributed by atoms with Gasteiger partial charge in [-0.3, -0.25) is 9.59 Å². The minimum Gasteiger partial charge on any atom is -0.444 e. The summed E-state index contributed by atoms with van der Waals surface area (Å²) in [4.78, 5) is 41.3. The SMILES string of the molecule is CCCCNC(=O)C(c1ccccc1)N(C(=O)C(CS)NC(=O)OC(C)(C)C)C(C)(C)CC. The minimum atomic E-state index is -0.955. The Hall–Kier alpha value is -2.22. The minimum absolute atomic E-state index is 0.0628. The summed E-state index contributed by atoms with van der Waals surface area (Å²) in [6.07, 6.45) is 1.70.